The molecule has 0 saturated heterocycles. The molecule has 0 radical (unpaired) electrons. The number of hydrogen-bond acceptors (Lipinski definition) is 6. The van der Waals surface area contributed by atoms with Gasteiger partial charge < -0.3 is 20.1 Å². The summed E-state index contributed by atoms with van der Waals surface area (Å²) in [5, 5.41) is 5.71. The van der Waals surface area contributed by atoms with E-state index < -0.39 is 11.9 Å². The Morgan fingerprint density at radius 3 is 2.42 bits per heavy atom. The van der Waals surface area contributed by atoms with Crippen LogP contribution in [0.15, 0.2) is 24.3 Å². The fourth-order valence-electron chi connectivity index (χ4n) is 2.08. The number of anilines is 3. The molecule has 9 heteroatoms. The number of methoxy groups -OCH3 is 2. The molecule has 0 aliphatic carbocycles. The highest BCUT2D eigenvalue weighted by Crippen LogP contribution is 2.34. The molecule has 0 aliphatic heterocycles. The maximum absolute atomic E-state index is 13.2. The molecule has 1 aromatic heterocycles. The minimum Gasteiger partial charge on any atom is -0.497 e. The normalized spacial score (nSPS) is 12.4. The monoisotopic (exact) mass is 370 g/mol. The van der Waals surface area contributed by atoms with E-state index in [0.29, 0.717) is 23.6 Å². The molecule has 0 spiro atoms. The molecule has 1 heterocycles. The van der Waals surface area contributed by atoms with E-state index in [9.17, 15) is 13.2 Å². The van der Waals surface area contributed by atoms with Crippen molar-refractivity contribution in [1.29, 1.82) is 0 Å². The first-order valence-electron chi connectivity index (χ1n) is 7.98. The second kappa shape index (κ2) is 8.11. The number of halogens is 3. The number of hydrogen-bond donors (Lipinski definition) is 2. The average Bonchev–Trinajstić information content (AvgIpc) is 2.61. The summed E-state index contributed by atoms with van der Waals surface area (Å²) in [4.78, 5) is 7.69. The Balaban J connectivity index is 2.40. The van der Waals surface area contributed by atoms with E-state index in [1.165, 1.54) is 14.2 Å². The van der Waals surface area contributed by atoms with Crippen molar-refractivity contribution >= 4 is 17.5 Å². The van der Waals surface area contributed by atoms with Crippen LogP contribution in [0.25, 0.3) is 0 Å². The molecule has 142 valence electrons. The first-order chi connectivity index (χ1) is 12.3. The van der Waals surface area contributed by atoms with Crippen LogP contribution in [-0.4, -0.2) is 30.2 Å². The number of nitrogens with zero attached hydrogens (tertiary/aromatic N) is 2. The summed E-state index contributed by atoms with van der Waals surface area (Å²) < 4.78 is 49.8. The van der Waals surface area contributed by atoms with Crippen molar-refractivity contribution in [3.8, 4) is 11.5 Å². The number of nitrogens with one attached hydrogen (secondary N) is 2. The second-order valence-corrected chi connectivity index (χ2v) is 5.60. The Kier molecular flexibility index (Phi) is 6.12. The molecule has 2 rings (SSSR count). The van der Waals surface area contributed by atoms with Crippen LogP contribution in [0.3, 0.4) is 0 Å². The standard InChI is InChI=1S/C17H21F3N4O2/c1-5-10(2)21-16-23-14(17(18,19)20)9-15(24-16)22-12-7-6-11(25-3)8-13(12)26-4/h6-10H,5H2,1-4H3,(H2,21,22,23,24)/t10-/m1/s1. The van der Waals surface area contributed by atoms with Crippen LogP contribution in [0.1, 0.15) is 26.0 Å². The summed E-state index contributed by atoms with van der Waals surface area (Å²) in [7, 11) is 2.96. The van der Waals surface area contributed by atoms with Gasteiger partial charge in [0.25, 0.3) is 0 Å². The van der Waals surface area contributed by atoms with Crippen LogP contribution < -0.4 is 20.1 Å². The van der Waals surface area contributed by atoms with Gasteiger partial charge in [0, 0.05) is 18.2 Å². The number of alkyl halides is 3. The van der Waals surface area contributed by atoms with Crippen LogP contribution in [0.5, 0.6) is 11.5 Å². The van der Waals surface area contributed by atoms with Crippen molar-refractivity contribution in [2.75, 3.05) is 24.9 Å². The zero-order valence-corrected chi connectivity index (χ0v) is 14.9. The summed E-state index contributed by atoms with van der Waals surface area (Å²) in [5.41, 5.74) is -0.581. The predicted molar refractivity (Wildman–Crippen MR) is 93.2 cm³/mol. The minimum absolute atomic E-state index is 0.00148. The number of aromatic nitrogens is 2. The lowest BCUT2D eigenvalue weighted by Crippen LogP contribution is -2.18. The third-order valence-corrected chi connectivity index (χ3v) is 3.68. The van der Waals surface area contributed by atoms with Crippen LogP contribution in [0.2, 0.25) is 0 Å². The largest absolute Gasteiger partial charge is 0.497 e. The smallest absolute Gasteiger partial charge is 0.433 e. The van der Waals surface area contributed by atoms with Crippen LogP contribution in [0.4, 0.5) is 30.6 Å². The van der Waals surface area contributed by atoms with Gasteiger partial charge >= 0.3 is 6.18 Å². The van der Waals surface area contributed by atoms with Crippen molar-refractivity contribution in [2.24, 2.45) is 0 Å². The summed E-state index contributed by atoms with van der Waals surface area (Å²) >= 11 is 0. The maximum atomic E-state index is 13.2. The number of benzene rings is 1. The van der Waals surface area contributed by atoms with E-state index >= 15 is 0 Å². The highest BCUT2D eigenvalue weighted by Gasteiger charge is 2.34. The van der Waals surface area contributed by atoms with Gasteiger partial charge in [-0.3, -0.25) is 0 Å². The third kappa shape index (κ3) is 4.90. The Morgan fingerprint density at radius 1 is 1.12 bits per heavy atom. The summed E-state index contributed by atoms with van der Waals surface area (Å²) in [6.07, 6.45) is -3.87. The zero-order valence-electron chi connectivity index (χ0n) is 14.9. The number of ether oxygens (including phenoxy) is 2. The lowest BCUT2D eigenvalue weighted by atomic mass is 10.2. The summed E-state index contributed by atoms with van der Waals surface area (Å²) in [6, 6.07) is 5.70. The lowest BCUT2D eigenvalue weighted by Gasteiger charge is -2.16. The highest BCUT2D eigenvalue weighted by atomic mass is 19.4. The van der Waals surface area contributed by atoms with Crippen molar-refractivity contribution < 1.29 is 22.6 Å². The average molecular weight is 370 g/mol. The van der Waals surface area contributed by atoms with Gasteiger partial charge in [0.05, 0.1) is 19.9 Å². The Labute approximate surface area is 149 Å². The molecule has 0 aliphatic rings. The first kappa shape index (κ1) is 19.6. The van der Waals surface area contributed by atoms with Crippen LogP contribution in [0, 0.1) is 0 Å². The molecule has 26 heavy (non-hydrogen) atoms. The van der Waals surface area contributed by atoms with Crippen molar-refractivity contribution in [3.05, 3.63) is 30.0 Å². The molecule has 1 aromatic carbocycles. The van der Waals surface area contributed by atoms with Gasteiger partial charge in [0.1, 0.15) is 17.3 Å². The Hall–Kier alpha value is -2.71. The van der Waals surface area contributed by atoms with E-state index in [1.54, 1.807) is 18.2 Å². The highest BCUT2D eigenvalue weighted by molar-refractivity contribution is 5.66. The molecule has 0 fully saturated rings. The van der Waals surface area contributed by atoms with Gasteiger partial charge in [-0.1, -0.05) is 6.92 Å². The van der Waals surface area contributed by atoms with Crippen LogP contribution >= 0.6 is 0 Å². The molecule has 2 aromatic rings. The van der Waals surface area contributed by atoms with Gasteiger partial charge in [-0.25, -0.2) is 4.98 Å². The Morgan fingerprint density at radius 2 is 1.85 bits per heavy atom. The predicted octanol–water partition coefficient (Wildman–Crippen LogP) is 4.47. The summed E-state index contributed by atoms with van der Waals surface area (Å²) in [6.45, 7) is 3.75. The molecule has 0 saturated carbocycles. The van der Waals surface area contributed by atoms with E-state index in [4.69, 9.17) is 9.47 Å². The fraction of sp³-hybridized carbons (Fsp3) is 0.412. The molecule has 0 bridgehead atoms. The van der Waals surface area contributed by atoms with E-state index in [2.05, 4.69) is 20.6 Å². The molecule has 1 atom stereocenters. The maximum Gasteiger partial charge on any atom is 0.433 e. The lowest BCUT2D eigenvalue weighted by molar-refractivity contribution is -0.141. The minimum atomic E-state index is -4.59. The molecule has 0 unspecified atom stereocenters. The van der Waals surface area contributed by atoms with Gasteiger partial charge in [-0.05, 0) is 25.5 Å². The van der Waals surface area contributed by atoms with Gasteiger partial charge in [0.2, 0.25) is 5.95 Å². The summed E-state index contributed by atoms with van der Waals surface area (Å²) in [5.74, 6) is 0.879. The van der Waals surface area contributed by atoms with Crippen molar-refractivity contribution in [1.82, 2.24) is 9.97 Å². The van der Waals surface area contributed by atoms with Gasteiger partial charge in [0.15, 0.2) is 5.69 Å². The van der Waals surface area contributed by atoms with Crippen molar-refractivity contribution in [3.63, 3.8) is 0 Å². The first-order valence-corrected chi connectivity index (χ1v) is 7.98. The van der Waals surface area contributed by atoms with Gasteiger partial charge in [-0.15, -0.1) is 0 Å². The fourth-order valence-corrected chi connectivity index (χ4v) is 2.08. The molecular formula is C17H21F3N4O2. The molecule has 0 amide bonds. The van der Waals surface area contributed by atoms with E-state index in [0.717, 1.165) is 6.07 Å². The SMILES string of the molecule is CC[C@@H](C)Nc1nc(Nc2ccc(OC)cc2OC)cc(C(F)(F)F)n1. The molecular weight excluding hydrogens is 349 g/mol. The van der Waals surface area contributed by atoms with Gasteiger partial charge in [-0.2, -0.15) is 18.2 Å². The molecule has 6 nitrogen and oxygen atoms in total. The Bertz CT molecular complexity index is 753. The quantitative estimate of drug-likeness (QED) is 0.750. The second-order valence-electron chi connectivity index (χ2n) is 5.60. The zero-order chi connectivity index (χ0) is 19.3. The van der Waals surface area contributed by atoms with E-state index in [-0.39, 0.29) is 17.8 Å². The topological polar surface area (TPSA) is 68.3 Å². The third-order valence-electron chi connectivity index (χ3n) is 3.68. The van der Waals surface area contributed by atoms with Crippen molar-refractivity contribution in [2.45, 2.75) is 32.5 Å². The van der Waals surface area contributed by atoms with Crippen LogP contribution in [-0.2, 0) is 6.18 Å². The number of rotatable bonds is 7. The van der Waals surface area contributed by atoms with E-state index in [1.807, 2.05) is 13.8 Å². The molecule has 2 N–H and O–H groups in total.